The lowest BCUT2D eigenvalue weighted by molar-refractivity contribution is 0.129. The van der Waals surface area contributed by atoms with Crippen LogP contribution in [0.1, 0.15) is 58.8 Å². The van der Waals surface area contributed by atoms with Gasteiger partial charge < -0.3 is 15.1 Å². The molecule has 3 heteroatoms. The number of hydrogen-bond donors (Lipinski definition) is 1. The topological polar surface area (TPSA) is 18.5 Å². The van der Waals surface area contributed by atoms with Gasteiger partial charge in [-0.25, -0.2) is 0 Å². The Kier molecular flexibility index (Phi) is 5.58. The van der Waals surface area contributed by atoms with Crippen LogP contribution in [0.15, 0.2) is 0 Å². The molecular formula is C18H35N3. The molecule has 3 nitrogen and oxygen atoms in total. The van der Waals surface area contributed by atoms with Crippen molar-refractivity contribution in [3.05, 3.63) is 0 Å². The van der Waals surface area contributed by atoms with E-state index in [4.69, 9.17) is 0 Å². The van der Waals surface area contributed by atoms with Gasteiger partial charge in [0.2, 0.25) is 0 Å². The molecule has 2 heterocycles. The maximum Gasteiger partial charge on any atom is 0.0108 e. The SMILES string of the molecule is CC(C)N1CCCC(N2CCC(NCC3CC3)CC2)CC1. The largest absolute Gasteiger partial charge is 0.314 e. The molecule has 1 unspecified atom stereocenters. The van der Waals surface area contributed by atoms with E-state index in [1.165, 1.54) is 77.7 Å². The minimum absolute atomic E-state index is 0.723. The van der Waals surface area contributed by atoms with Crippen LogP contribution in [0, 0.1) is 5.92 Å². The zero-order valence-corrected chi connectivity index (χ0v) is 14.2. The van der Waals surface area contributed by atoms with Crippen molar-refractivity contribution in [2.45, 2.75) is 76.9 Å². The van der Waals surface area contributed by atoms with Gasteiger partial charge in [0.25, 0.3) is 0 Å². The monoisotopic (exact) mass is 293 g/mol. The fourth-order valence-corrected chi connectivity index (χ4v) is 4.11. The molecule has 2 aliphatic heterocycles. The van der Waals surface area contributed by atoms with Crippen LogP contribution in [0.4, 0.5) is 0 Å². The molecular weight excluding hydrogens is 258 g/mol. The summed E-state index contributed by atoms with van der Waals surface area (Å²) >= 11 is 0. The zero-order valence-electron chi connectivity index (χ0n) is 14.2. The van der Waals surface area contributed by atoms with E-state index < -0.39 is 0 Å². The Labute approximate surface area is 131 Å². The van der Waals surface area contributed by atoms with E-state index >= 15 is 0 Å². The van der Waals surface area contributed by atoms with Crippen molar-refractivity contribution >= 4 is 0 Å². The van der Waals surface area contributed by atoms with Crippen LogP contribution in [-0.2, 0) is 0 Å². The van der Waals surface area contributed by atoms with Gasteiger partial charge in [-0.3, -0.25) is 0 Å². The highest BCUT2D eigenvalue weighted by atomic mass is 15.2. The van der Waals surface area contributed by atoms with Crippen LogP contribution in [0.2, 0.25) is 0 Å². The first-order chi connectivity index (χ1) is 10.2. The van der Waals surface area contributed by atoms with Gasteiger partial charge in [-0.15, -0.1) is 0 Å². The molecule has 3 aliphatic rings. The molecule has 0 bridgehead atoms. The first-order valence-electron chi connectivity index (χ1n) is 9.44. The van der Waals surface area contributed by atoms with Gasteiger partial charge in [-0.05, 0) is 97.4 Å². The van der Waals surface area contributed by atoms with E-state index in [-0.39, 0.29) is 0 Å². The standard InChI is InChI=1S/C18H35N3/c1-15(2)20-10-3-4-18(9-13-20)21-11-7-17(8-12-21)19-14-16-5-6-16/h15-19H,3-14H2,1-2H3. The first kappa shape index (κ1) is 15.8. The molecule has 0 spiro atoms. The molecule has 0 aromatic carbocycles. The Morgan fingerprint density at radius 2 is 1.67 bits per heavy atom. The summed E-state index contributed by atoms with van der Waals surface area (Å²) in [5.74, 6) is 1.02. The summed E-state index contributed by atoms with van der Waals surface area (Å²) in [6.07, 6.45) is 9.89. The van der Waals surface area contributed by atoms with Crippen molar-refractivity contribution in [2.75, 3.05) is 32.7 Å². The molecule has 1 saturated carbocycles. The van der Waals surface area contributed by atoms with Crippen LogP contribution >= 0.6 is 0 Å². The van der Waals surface area contributed by atoms with Gasteiger partial charge in [-0.1, -0.05) is 0 Å². The summed E-state index contributed by atoms with van der Waals surface area (Å²) in [6.45, 7) is 11.3. The van der Waals surface area contributed by atoms with Crippen molar-refractivity contribution in [2.24, 2.45) is 5.92 Å². The minimum Gasteiger partial charge on any atom is -0.314 e. The fourth-order valence-electron chi connectivity index (χ4n) is 4.11. The first-order valence-corrected chi connectivity index (χ1v) is 9.44. The summed E-state index contributed by atoms with van der Waals surface area (Å²) in [7, 11) is 0. The predicted octanol–water partition coefficient (Wildman–Crippen LogP) is 2.71. The number of piperidine rings is 1. The summed E-state index contributed by atoms with van der Waals surface area (Å²) < 4.78 is 0. The van der Waals surface area contributed by atoms with Crippen LogP contribution in [0.3, 0.4) is 0 Å². The lowest BCUT2D eigenvalue weighted by Crippen LogP contribution is -2.47. The Bertz CT molecular complexity index is 306. The van der Waals surface area contributed by atoms with Gasteiger partial charge in [-0.2, -0.15) is 0 Å². The van der Waals surface area contributed by atoms with Crippen LogP contribution in [-0.4, -0.2) is 60.6 Å². The maximum atomic E-state index is 3.81. The molecule has 0 aromatic rings. The maximum absolute atomic E-state index is 3.81. The highest BCUT2D eigenvalue weighted by Gasteiger charge is 2.28. The van der Waals surface area contributed by atoms with E-state index in [9.17, 15) is 0 Å². The summed E-state index contributed by atoms with van der Waals surface area (Å²) in [6, 6.07) is 2.39. The van der Waals surface area contributed by atoms with Crippen molar-refractivity contribution in [3.8, 4) is 0 Å². The van der Waals surface area contributed by atoms with Crippen molar-refractivity contribution in [3.63, 3.8) is 0 Å². The highest BCUT2D eigenvalue weighted by molar-refractivity contribution is 4.86. The molecule has 2 saturated heterocycles. The fraction of sp³-hybridized carbons (Fsp3) is 1.00. The van der Waals surface area contributed by atoms with Gasteiger partial charge in [0, 0.05) is 18.1 Å². The molecule has 3 fully saturated rings. The predicted molar refractivity (Wildman–Crippen MR) is 89.7 cm³/mol. The second-order valence-electron chi connectivity index (χ2n) is 7.88. The van der Waals surface area contributed by atoms with E-state index in [0.717, 1.165) is 24.0 Å². The summed E-state index contributed by atoms with van der Waals surface area (Å²) in [5, 5.41) is 3.81. The zero-order chi connectivity index (χ0) is 14.7. The number of nitrogens with zero attached hydrogens (tertiary/aromatic N) is 2. The van der Waals surface area contributed by atoms with Crippen molar-refractivity contribution in [1.29, 1.82) is 0 Å². The van der Waals surface area contributed by atoms with E-state index in [1.807, 2.05) is 0 Å². The Hall–Kier alpha value is -0.120. The van der Waals surface area contributed by atoms with E-state index in [1.54, 1.807) is 0 Å². The van der Waals surface area contributed by atoms with Gasteiger partial charge in [0.1, 0.15) is 0 Å². The third-order valence-corrected chi connectivity index (χ3v) is 5.90. The number of nitrogens with one attached hydrogen (secondary N) is 1. The molecule has 21 heavy (non-hydrogen) atoms. The van der Waals surface area contributed by atoms with Crippen LogP contribution < -0.4 is 5.32 Å². The molecule has 0 amide bonds. The second kappa shape index (κ2) is 7.43. The average molecular weight is 293 g/mol. The highest BCUT2D eigenvalue weighted by Crippen LogP contribution is 2.28. The molecule has 1 aliphatic carbocycles. The molecule has 1 atom stereocenters. The number of likely N-dealkylation sites (tertiary alicyclic amines) is 2. The minimum atomic E-state index is 0.723. The van der Waals surface area contributed by atoms with Crippen LogP contribution in [0.5, 0.6) is 0 Å². The summed E-state index contributed by atoms with van der Waals surface area (Å²) in [5.41, 5.74) is 0. The molecule has 122 valence electrons. The smallest absolute Gasteiger partial charge is 0.0108 e. The van der Waals surface area contributed by atoms with Gasteiger partial charge in [0.05, 0.1) is 0 Å². The normalized spacial score (nSPS) is 30.7. The van der Waals surface area contributed by atoms with Crippen molar-refractivity contribution in [1.82, 2.24) is 15.1 Å². The lowest BCUT2D eigenvalue weighted by Gasteiger charge is -2.37. The van der Waals surface area contributed by atoms with Gasteiger partial charge >= 0.3 is 0 Å². The quantitative estimate of drug-likeness (QED) is 0.841. The van der Waals surface area contributed by atoms with E-state index in [0.29, 0.717) is 0 Å². The third kappa shape index (κ3) is 4.67. The molecule has 0 radical (unpaired) electrons. The molecule has 1 N–H and O–H groups in total. The second-order valence-corrected chi connectivity index (χ2v) is 7.88. The Morgan fingerprint density at radius 3 is 2.33 bits per heavy atom. The molecule has 3 rings (SSSR count). The Morgan fingerprint density at radius 1 is 0.905 bits per heavy atom. The Balaban J connectivity index is 1.39. The number of rotatable bonds is 5. The lowest BCUT2D eigenvalue weighted by atomic mass is 10.00. The van der Waals surface area contributed by atoms with Crippen LogP contribution in [0.25, 0.3) is 0 Å². The summed E-state index contributed by atoms with van der Waals surface area (Å²) in [4.78, 5) is 5.48. The average Bonchev–Trinajstić information content (AvgIpc) is 3.32. The molecule has 0 aromatic heterocycles. The van der Waals surface area contributed by atoms with E-state index in [2.05, 4.69) is 29.0 Å². The van der Waals surface area contributed by atoms with Crippen molar-refractivity contribution < 1.29 is 0 Å². The number of hydrogen-bond acceptors (Lipinski definition) is 3. The third-order valence-electron chi connectivity index (χ3n) is 5.90. The van der Waals surface area contributed by atoms with Gasteiger partial charge in [0.15, 0.2) is 0 Å².